The average molecular weight is 396 g/mol. The molecule has 0 saturated carbocycles. The highest BCUT2D eigenvalue weighted by Crippen LogP contribution is 2.33. The summed E-state index contributed by atoms with van der Waals surface area (Å²) in [6.45, 7) is 6.35. The van der Waals surface area contributed by atoms with E-state index in [1.165, 1.54) is 0 Å². The van der Waals surface area contributed by atoms with Crippen LogP contribution in [0.4, 0.5) is 10.6 Å². The molecule has 29 heavy (non-hydrogen) atoms. The largest absolute Gasteiger partial charge is 0.445 e. The molecule has 4 rings (SSSR count). The highest BCUT2D eigenvalue weighted by Gasteiger charge is 2.30. The molecule has 0 radical (unpaired) electrons. The summed E-state index contributed by atoms with van der Waals surface area (Å²) in [6.07, 6.45) is 4.75. The number of piperidine rings is 1. The number of rotatable bonds is 4. The molecular formula is C23H29N3O3. The van der Waals surface area contributed by atoms with Crippen molar-refractivity contribution in [3.8, 4) is 0 Å². The molecule has 1 atom stereocenters. The molecule has 1 unspecified atom stereocenters. The Hall–Kier alpha value is -2.60. The Balaban J connectivity index is 1.46. The predicted octanol–water partition coefficient (Wildman–Crippen LogP) is 4.09. The first-order valence-electron chi connectivity index (χ1n) is 10.5. The number of likely N-dealkylation sites (tertiary alicyclic amines) is 1. The van der Waals surface area contributed by atoms with Crippen molar-refractivity contribution in [3.63, 3.8) is 0 Å². The van der Waals surface area contributed by atoms with Gasteiger partial charge < -0.3 is 19.3 Å². The van der Waals surface area contributed by atoms with Crippen LogP contribution in [0.2, 0.25) is 0 Å². The molecule has 0 N–H and O–H groups in total. The van der Waals surface area contributed by atoms with Crippen molar-refractivity contribution in [1.29, 1.82) is 0 Å². The summed E-state index contributed by atoms with van der Waals surface area (Å²) in [5.74, 6) is 1.02. The Morgan fingerprint density at radius 2 is 1.97 bits per heavy atom. The van der Waals surface area contributed by atoms with Crippen LogP contribution < -0.4 is 4.90 Å². The van der Waals surface area contributed by atoms with Crippen molar-refractivity contribution in [3.05, 3.63) is 59.3 Å². The van der Waals surface area contributed by atoms with E-state index in [4.69, 9.17) is 14.5 Å². The second-order valence-corrected chi connectivity index (χ2v) is 7.75. The second kappa shape index (κ2) is 9.27. The molecule has 2 aliphatic heterocycles. The van der Waals surface area contributed by atoms with Gasteiger partial charge in [-0.05, 0) is 48.9 Å². The quantitative estimate of drug-likeness (QED) is 0.780. The number of nitrogens with zero attached hydrogens (tertiary/aromatic N) is 3. The molecule has 3 heterocycles. The van der Waals surface area contributed by atoms with Gasteiger partial charge in [0.05, 0.1) is 19.3 Å². The lowest BCUT2D eigenvalue weighted by Crippen LogP contribution is -2.39. The van der Waals surface area contributed by atoms with Crippen LogP contribution in [0.5, 0.6) is 0 Å². The molecule has 0 bridgehead atoms. The number of aryl methyl sites for hydroxylation is 1. The van der Waals surface area contributed by atoms with Crippen molar-refractivity contribution < 1.29 is 14.3 Å². The van der Waals surface area contributed by atoms with E-state index in [1.54, 1.807) is 0 Å². The molecule has 0 aliphatic carbocycles. The molecule has 2 fully saturated rings. The number of amides is 1. The molecule has 6 nitrogen and oxygen atoms in total. The van der Waals surface area contributed by atoms with E-state index < -0.39 is 0 Å². The molecule has 1 amide bonds. The maximum Gasteiger partial charge on any atom is 0.410 e. The number of benzene rings is 1. The number of aromatic nitrogens is 1. The molecule has 0 spiro atoms. The number of ether oxygens (including phenoxy) is 2. The monoisotopic (exact) mass is 395 g/mol. The number of hydrogen-bond donors (Lipinski definition) is 0. The molecule has 1 aromatic heterocycles. The highest BCUT2D eigenvalue weighted by atomic mass is 16.6. The zero-order valence-corrected chi connectivity index (χ0v) is 17.0. The predicted molar refractivity (Wildman–Crippen MR) is 112 cm³/mol. The summed E-state index contributed by atoms with van der Waals surface area (Å²) in [5, 5.41) is 0. The van der Waals surface area contributed by atoms with Gasteiger partial charge in [0.2, 0.25) is 0 Å². The summed E-state index contributed by atoms with van der Waals surface area (Å²) in [4.78, 5) is 21.7. The fourth-order valence-corrected chi connectivity index (χ4v) is 4.18. The summed E-state index contributed by atoms with van der Waals surface area (Å²) in [5.41, 5.74) is 3.24. The maximum atomic E-state index is 12.8. The van der Waals surface area contributed by atoms with Crippen LogP contribution in [-0.4, -0.2) is 48.8 Å². The molecule has 1 aromatic carbocycles. The lowest BCUT2D eigenvalue weighted by atomic mass is 9.96. The van der Waals surface area contributed by atoms with Gasteiger partial charge in [-0.3, -0.25) is 0 Å². The molecule has 6 heteroatoms. The van der Waals surface area contributed by atoms with Crippen LogP contribution in [0.3, 0.4) is 0 Å². The van der Waals surface area contributed by atoms with Gasteiger partial charge in [0.1, 0.15) is 12.4 Å². The molecular weight excluding hydrogens is 366 g/mol. The van der Waals surface area contributed by atoms with Gasteiger partial charge in [0.15, 0.2) is 0 Å². The SMILES string of the molecule is Cc1cc(C2CCCCN2C(=O)OCc2ccccc2)cnc1N1CCOCC1. The lowest BCUT2D eigenvalue weighted by molar-refractivity contribution is 0.0678. The number of anilines is 1. The van der Waals surface area contributed by atoms with Gasteiger partial charge in [-0.2, -0.15) is 0 Å². The normalized spacial score (nSPS) is 19.8. The van der Waals surface area contributed by atoms with E-state index in [-0.39, 0.29) is 12.1 Å². The van der Waals surface area contributed by atoms with Gasteiger partial charge in [-0.1, -0.05) is 30.3 Å². The third-order valence-corrected chi connectivity index (χ3v) is 5.71. The smallest absolute Gasteiger partial charge is 0.410 e. The summed E-state index contributed by atoms with van der Waals surface area (Å²) in [7, 11) is 0. The number of carbonyl (C=O) groups is 1. The zero-order chi connectivity index (χ0) is 20.1. The van der Waals surface area contributed by atoms with Crippen LogP contribution >= 0.6 is 0 Å². The summed E-state index contributed by atoms with van der Waals surface area (Å²) in [6, 6.07) is 12.0. The Morgan fingerprint density at radius 3 is 2.72 bits per heavy atom. The maximum absolute atomic E-state index is 12.8. The van der Waals surface area contributed by atoms with Crippen molar-refractivity contribution >= 4 is 11.9 Å². The number of morpholine rings is 1. The van der Waals surface area contributed by atoms with Gasteiger partial charge in [-0.25, -0.2) is 9.78 Å². The Bertz CT molecular complexity index is 821. The van der Waals surface area contributed by atoms with Crippen molar-refractivity contribution in [1.82, 2.24) is 9.88 Å². The Labute approximate surface area is 172 Å². The van der Waals surface area contributed by atoms with Gasteiger partial charge >= 0.3 is 6.09 Å². The fourth-order valence-electron chi connectivity index (χ4n) is 4.18. The first-order chi connectivity index (χ1) is 14.2. The number of carbonyl (C=O) groups excluding carboxylic acids is 1. The van der Waals surface area contributed by atoms with Crippen LogP contribution in [0.15, 0.2) is 42.6 Å². The van der Waals surface area contributed by atoms with Gasteiger partial charge in [0.25, 0.3) is 0 Å². The minimum absolute atomic E-state index is 0.0250. The molecule has 2 saturated heterocycles. The van der Waals surface area contributed by atoms with Crippen LogP contribution in [0.25, 0.3) is 0 Å². The third-order valence-electron chi connectivity index (χ3n) is 5.71. The van der Waals surface area contributed by atoms with Gasteiger partial charge in [-0.15, -0.1) is 0 Å². The van der Waals surface area contributed by atoms with E-state index in [9.17, 15) is 4.79 Å². The highest BCUT2D eigenvalue weighted by molar-refractivity contribution is 5.68. The Morgan fingerprint density at radius 1 is 1.17 bits per heavy atom. The van der Waals surface area contributed by atoms with E-state index in [1.807, 2.05) is 41.4 Å². The van der Waals surface area contributed by atoms with E-state index in [2.05, 4.69) is 17.9 Å². The standard InChI is InChI=1S/C23H29N3O3/c1-18-15-20(16-24-22(18)25-11-13-28-14-12-25)21-9-5-6-10-26(21)23(27)29-17-19-7-3-2-4-8-19/h2-4,7-8,15-16,21H,5-6,9-14,17H2,1H3. The fraction of sp³-hybridized carbons (Fsp3) is 0.478. The first kappa shape index (κ1) is 19.7. The molecule has 154 valence electrons. The number of hydrogen-bond acceptors (Lipinski definition) is 5. The van der Waals surface area contributed by atoms with Crippen LogP contribution in [0.1, 0.15) is 42.0 Å². The van der Waals surface area contributed by atoms with E-state index in [0.29, 0.717) is 6.61 Å². The third kappa shape index (κ3) is 4.70. The van der Waals surface area contributed by atoms with E-state index >= 15 is 0 Å². The number of pyridine rings is 1. The van der Waals surface area contributed by atoms with Crippen molar-refractivity contribution in [2.24, 2.45) is 0 Å². The summed E-state index contributed by atoms with van der Waals surface area (Å²) >= 11 is 0. The van der Waals surface area contributed by atoms with Crippen molar-refractivity contribution in [2.75, 3.05) is 37.7 Å². The van der Waals surface area contributed by atoms with E-state index in [0.717, 1.165) is 74.6 Å². The first-order valence-corrected chi connectivity index (χ1v) is 10.5. The lowest BCUT2D eigenvalue weighted by Gasteiger charge is -2.35. The van der Waals surface area contributed by atoms with Crippen LogP contribution in [0, 0.1) is 6.92 Å². The minimum atomic E-state index is -0.242. The molecule has 2 aliphatic rings. The van der Waals surface area contributed by atoms with Gasteiger partial charge in [0, 0.05) is 25.8 Å². The van der Waals surface area contributed by atoms with Crippen molar-refractivity contribution in [2.45, 2.75) is 38.8 Å². The average Bonchev–Trinajstić information content (AvgIpc) is 2.78. The van der Waals surface area contributed by atoms with Crippen LogP contribution in [-0.2, 0) is 16.1 Å². The minimum Gasteiger partial charge on any atom is -0.445 e. The summed E-state index contributed by atoms with van der Waals surface area (Å²) < 4.78 is 11.1. The topological polar surface area (TPSA) is 54.9 Å². The molecule has 2 aromatic rings. The second-order valence-electron chi connectivity index (χ2n) is 7.75. The zero-order valence-electron chi connectivity index (χ0n) is 17.0. The Kier molecular flexibility index (Phi) is 6.30.